The topological polar surface area (TPSA) is 56.2 Å². The average molecular weight is 309 g/mol. The van der Waals surface area contributed by atoms with Crippen molar-refractivity contribution >= 4 is 11.7 Å². The maximum atomic E-state index is 12.1. The molecule has 1 N–H and O–H groups in total. The van der Waals surface area contributed by atoms with Gasteiger partial charge in [-0.25, -0.2) is 4.68 Å². The van der Waals surface area contributed by atoms with Crippen LogP contribution in [0.4, 0.5) is 14.6 Å². The normalized spacial score (nSPS) is 11.0. The number of carbonyl (C=O) groups is 1. The van der Waals surface area contributed by atoms with Crippen molar-refractivity contribution in [3.8, 4) is 5.75 Å². The Morgan fingerprint density at radius 1 is 1.27 bits per heavy atom. The summed E-state index contributed by atoms with van der Waals surface area (Å²) in [6, 6.07) is 7.21. The van der Waals surface area contributed by atoms with E-state index in [0.717, 1.165) is 0 Å². The van der Waals surface area contributed by atoms with Crippen LogP contribution in [0, 0.1) is 5.92 Å². The number of amides is 1. The molecule has 2 aromatic rings. The molecule has 1 amide bonds. The standard InChI is InChI=1S/C15H17F2N3O2/c1-10(2)9-20-13(7-8-18-20)19-14(21)11-3-5-12(6-4-11)22-15(16)17/h3-8,10,15H,9H2,1-2H3,(H,19,21). The molecule has 2 rings (SSSR count). The molecule has 22 heavy (non-hydrogen) atoms. The number of hydrogen-bond acceptors (Lipinski definition) is 3. The first-order chi connectivity index (χ1) is 10.5. The van der Waals surface area contributed by atoms with E-state index in [0.29, 0.717) is 23.8 Å². The van der Waals surface area contributed by atoms with E-state index < -0.39 is 6.61 Å². The minimum absolute atomic E-state index is 0.0106. The van der Waals surface area contributed by atoms with Crippen LogP contribution in [-0.4, -0.2) is 22.3 Å². The Labute approximate surface area is 126 Å². The van der Waals surface area contributed by atoms with E-state index in [9.17, 15) is 13.6 Å². The highest BCUT2D eigenvalue weighted by atomic mass is 19.3. The van der Waals surface area contributed by atoms with Crippen molar-refractivity contribution in [1.82, 2.24) is 9.78 Å². The molecule has 0 bridgehead atoms. The maximum absolute atomic E-state index is 12.1. The number of anilines is 1. The van der Waals surface area contributed by atoms with Crippen molar-refractivity contribution < 1.29 is 18.3 Å². The number of carbonyl (C=O) groups excluding carboxylic acids is 1. The Morgan fingerprint density at radius 3 is 2.55 bits per heavy atom. The van der Waals surface area contributed by atoms with Crippen LogP contribution in [0.3, 0.4) is 0 Å². The number of halogens is 2. The van der Waals surface area contributed by atoms with Gasteiger partial charge in [-0.05, 0) is 30.2 Å². The van der Waals surface area contributed by atoms with Crippen molar-refractivity contribution in [2.45, 2.75) is 27.0 Å². The number of nitrogens with zero attached hydrogens (tertiary/aromatic N) is 2. The molecule has 0 fully saturated rings. The molecule has 7 heteroatoms. The van der Waals surface area contributed by atoms with Gasteiger partial charge < -0.3 is 10.1 Å². The number of rotatable bonds is 6. The summed E-state index contributed by atoms with van der Waals surface area (Å²) in [4.78, 5) is 12.1. The van der Waals surface area contributed by atoms with E-state index >= 15 is 0 Å². The summed E-state index contributed by atoms with van der Waals surface area (Å²) in [6.45, 7) is 1.90. The Morgan fingerprint density at radius 2 is 1.95 bits per heavy atom. The number of nitrogens with one attached hydrogen (secondary N) is 1. The lowest BCUT2D eigenvalue weighted by Gasteiger charge is -2.11. The number of hydrogen-bond donors (Lipinski definition) is 1. The van der Waals surface area contributed by atoms with Crippen molar-refractivity contribution in [2.24, 2.45) is 5.92 Å². The summed E-state index contributed by atoms with van der Waals surface area (Å²) in [5.41, 5.74) is 0.346. The van der Waals surface area contributed by atoms with Gasteiger partial charge in [0, 0.05) is 18.2 Å². The van der Waals surface area contributed by atoms with Gasteiger partial charge >= 0.3 is 6.61 Å². The van der Waals surface area contributed by atoms with Crippen LogP contribution in [0.15, 0.2) is 36.5 Å². The zero-order valence-corrected chi connectivity index (χ0v) is 12.3. The highest BCUT2D eigenvalue weighted by Gasteiger charge is 2.11. The second-order valence-electron chi connectivity index (χ2n) is 5.15. The molecule has 0 saturated carbocycles. The first kappa shape index (κ1) is 15.9. The maximum Gasteiger partial charge on any atom is 0.387 e. The molecule has 0 spiro atoms. The molecule has 0 aliphatic rings. The van der Waals surface area contributed by atoms with Gasteiger partial charge in [0.2, 0.25) is 0 Å². The molecule has 1 heterocycles. The van der Waals surface area contributed by atoms with Gasteiger partial charge in [0.05, 0.1) is 6.20 Å². The minimum atomic E-state index is -2.88. The van der Waals surface area contributed by atoms with E-state index in [1.807, 2.05) is 0 Å². The molecule has 5 nitrogen and oxygen atoms in total. The highest BCUT2D eigenvalue weighted by Crippen LogP contribution is 2.16. The van der Waals surface area contributed by atoms with Crippen molar-refractivity contribution in [2.75, 3.05) is 5.32 Å². The fraction of sp³-hybridized carbons (Fsp3) is 0.333. The van der Waals surface area contributed by atoms with Crippen LogP contribution in [-0.2, 0) is 6.54 Å². The lowest BCUT2D eigenvalue weighted by Crippen LogP contribution is -2.17. The van der Waals surface area contributed by atoms with Gasteiger partial charge in [0.1, 0.15) is 11.6 Å². The number of ether oxygens (including phenoxy) is 1. The fourth-order valence-corrected chi connectivity index (χ4v) is 1.91. The lowest BCUT2D eigenvalue weighted by atomic mass is 10.2. The van der Waals surface area contributed by atoms with E-state index in [1.54, 1.807) is 16.9 Å². The summed E-state index contributed by atoms with van der Waals surface area (Å²) >= 11 is 0. The largest absolute Gasteiger partial charge is 0.435 e. The zero-order chi connectivity index (χ0) is 16.1. The molecule has 1 aromatic heterocycles. The molecular weight excluding hydrogens is 292 g/mol. The van der Waals surface area contributed by atoms with Gasteiger partial charge in [0.15, 0.2) is 0 Å². The van der Waals surface area contributed by atoms with Crippen LogP contribution in [0.2, 0.25) is 0 Å². The molecule has 0 saturated heterocycles. The Hall–Kier alpha value is -2.44. The molecule has 0 unspecified atom stereocenters. The lowest BCUT2D eigenvalue weighted by molar-refractivity contribution is -0.0498. The molecule has 0 aliphatic carbocycles. The minimum Gasteiger partial charge on any atom is -0.435 e. The molecule has 0 radical (unpaired) electrons. The Bertz CT molecular complexity index is 624. The summed E-state index contributed by atoms with van der Waals surface area (Å²) in [6.07, 6.45) is 1.61. The smallest absolute Gasteiger partial charge is 0.387 e. The van der Waals surface area contributed by atoms with E-state index in [2.05, 4.69) is 29.0 Å². The van der Waals surface area contributed by atoms with Gasteiger partial charge in [0.25, 0.3) is 5.91 Å². The predicted molar refractivity (Wildman–Crippen MR) is 78.1 cm³/mol. The summed E-state index contributed by atoms with van der Waals surface area (Å²) in [5.74, 6) is 0.651. The summed E-state index contributed by atoms with van der Waals surface area (Å²) < 4.78 is 30.1. The van der Waals surface area contributed by atoms with Gasteiger partial charge in [-0.2, -0.15) is 13.9 Å². The summed E-state index contributed by atoms with van der Waals surface area (Å²) in [7, 11) is 0. The van der Waals surface area contributed by atoms with Crippen LogP contribution < -0.4 is 10.1 Å². The van der Waals surface area contributed by atoms with Crippen molar-refractivity contribution in [3.05, 3.63) is 42.1 Å². The van der Waals surface area contributed by atoms with Crippen LogP contribution in [0.5, 0.6) is 5.75 Å². The Kier molecular flexibility index (Phi) is 5.08. The first-order valence-corrected chi connectivity index (χ1v) is 6.83. The van der Waals surface area contributed by atoms with E-state index in [-0.39, 0.29) is 11.7 Å². The van der Waals surface area contributed by atoms with Crippen LogP contribution >= 0.6 is 0 Å². The predicted octanol–water partition coefficient (Wildman–Crippen LogP) is 3.39. The van der Waals surface area contributed by atoms with Crippen molar-refractivity contribution in [1.29, 1.82) is 0 Å². The highest BCUT2D eigenvalue weighted by molar-refractivity contribution is 6.03. The van der Waals surface area contributed by atoms with Crippen LogP contribution in [0.1, 0.15) is 24.2 Å². The third kappa shape index (κ3) is 4.28. The second kappa shape index (κ2) is 7.02. The summed E-state index contributed by atoms with van der Waals surface area (Å²) in [5, 5.41) is 6.89. The SMILES string of the molecule is CC(C)Cn1nccc1NC(=O)c1ccc(OC(F)F)cc1. The quantitative estimate of drug-likeness (QED) is 0.890. The number of alkyl halides is 2. The Balaban J connectivity index is 2.04. The monoisotopic (exact) mass is 309 g/mol. The number of benzene rings is 1. The average Bonchev–Trinajstić information content (AvgIpc) is 2.85. The molecular formula is C15H17F2N3O2. The van der Waals surface area contributed by atoms with Crippen LogP contribution in [0.25, 0.3) is 0 Å². The zero-order valence-electron chi connectivity index (χ0n) is 12.3. The van der Waals surface area contributed by atoms with Gasteiger partial charge in [-0.15, -0.1) is 0 Å². The fourth-order valence-electron chi connectivity index (χ4n) is 1.91. The van der Waals surface area contributed by atoms with E-state index in [4.69, 9.17) is 0 Å². The third-order valence-electron chi connectivity index (χ3n) is 2.84. The molecule has 0 atom stereocenters. The molecule has 1 aromatic carbocycles. The van der Waals surface area contributed by atoms with Crippen molar-refractivity contribution in [3.63, 3.8) is 0 Å². The molecule has 0 aliphatic heterocycles. The second-order valence-corrected chi connectivity index (χ2v) is 5.15. The van der Waals surface area contributed by atoms with Gasteiger partial charge in [-0.3, -0.25) is 4.79 Å². The third-order valence-corrected chi connectivity index (χ3v) is 2.84. The number of aromatic nitrogens is 2. The molecule has 118 valence electrons. The van der Waals surface area contributed by atoms with Gasteiger partial charge in [-0.1, -0.05) is 13.8 Å². The van der Waals surface area contributed by atoms with E-state index in [1.165, 1.54) is 24.3 Å². The first-order valence-electron chi connectivity index (χ1n) is 6.83.